The van der Waals surface area contributed by atoms with Crippen molar-refractivity contribution < 1.29 is 0 Å². The summed E-state index contributed by atoms with van der Waals surface area (Å²) in [4.78, 5) is 2.42. The summed E-state index contributed by atoms with van der Waals surface area (Å²) in [5.41, 5.74) is 2.93. The Labute approximate surface area is 98.7 Å². The second kappa shape index (κ2) is 4.56. The molecule has 0 amide bonds. The third kappa shape index (κ3) is 2.13. The van der Waals surface area contributed by atoms with Gasteiger partial charge in [0, 0.05) is 6.54 Å². The molecule has 1 aliphatic heterocycles. The largest absolute Gasteiger partial charge is 0.309 e. The Morgan fingerprint density at radius 3 is 2.81 bits per heavy atom. The molecular weight excluding hydrogens is 196 g/mol. The molecule has 1 aromatic carbocycles. The van der Waals surface area contributed by atoms with E-state index >= 15 is 0 Å². The van der Waals surface area contributed by atoms with Crippen LogP contribution in [0.1, 0.15) is 24.0 Å². The molecule has 0 radical (unpaired) electrons. The van der Waals surface area contributed by atoms with Crippen molar-refractivity contribution in [3.05, 3.63) is 35.4 Å². The lowest BCUT2D eigenvalue weighted by Gasteiger charge is -2.42. The molecule has 88 valence electrons. The molecule has 2 heteroatoms. The van der Waals surface area contributed by atoms with Gasteiger partial charge in [-0.3, -0.25) is 0 Å². The van der Waals surface area contributed by atoms with E-state index in [1.807, 2.05) is 0 Å². The predicted molar refractivity (Wildman–Crippen MR) is 68.6 cm³/mol. The van der Waals surface area contributed by atoms with Crippen LogP contribution in [0.4, 0.5) is 0 Å². The first-order chi connectivity index (χ1) is 7.66. The number of piperidine rings is 1. The zero-order valence-corrected chi connectivity index (χ0v) is 10.6. The van der Waals surface area contributed by atoms with Gasteiger partial charge in [-0.15, -0.1) is 0 Å². The molecule has 1 N–H and O–H groups in total. The van der Waals surface area contributed by atoms with Crippen LogP contribution in [0.2, 0.25) is 0 Å². The molecule has 1 atom stereocenters. The van der Waals surface area contributed by atoms with Gasteiger partial charge >= 0.3 is 0 Å². The minimum atomic E-state index is 0.152. The van der Waals surface area contributed by atoms with E-state index in [2.05, 4.69) is 55.5 Å². The van der Waals surface area contributed by atoms with E-state index < -0.39 is 0 Å². The van der Waals surface area contributed by atoms with E-state index in [0.717, 1.165) is 6.54 Å². The first-order valence-corrected chi connectivity index (χ1v) is 6.11. The van der Waals surface area contributed by atoms with Crippen molar-refractivity contribution in [2.45, 2.75) is 25.3 Å². The molecule has 0 saturated carbocycles. The number of benzene rings is 1. The zero-order valence-electron chi connectivity index (χ0n) is 10.6. The molecule has 1 unspecified atom stereocenters. The lowest BCUT2D eigenvalue weighted by Crippen LogP contribution is -2.52. The summed E-state index contributed by atoms with van der Waals surface area (Å²) in [5.74, 6) is 0. The van der Waals surface area contributed by atoms with Gasteiger partial charge in [-0.05, 0) is 46.0 Å². The highest BCUT2D eigenvalue weighted by Crippen LogP contribution is 2.31. The molecule has 1 saturated heterocycles. The summed E-state index contributed by atoms with van der Waals surface area (Å²) >= 11 is 0. The third-order valence-electron chi connectivity index (χ3n) is 3.73. The SMILES string of the molecule is CNC1(c2cccc(C)c2)CCCN(C)C1. The fourth-order valence-electron chi connectivity index (χ4n) is 2.80. The van der Waals surface area contributed by atoms with Crippen LogP contribution in [0.15, 0.2) is 24.3 Å². The van der Waals surface area contributed by atoms with E-state index in [-0.39, 0.29) is 5.54 Å². The lowest BCUT2D eigenvalue weighted by molar-refractivity contribution is 0.152. The number of nitrogens with zero attached hydrogens (tertiary/aromatic N) is 1. The number of hydrogen-bond donors (Lipinski definition) is 1. The van der Waals surface area contributed by atoms with Crippen LogP contribution in [0, 0.1) is 6.92 Å². The molecular formula is C14H22N2. The summed E-state index contributed by atoms with van der Waals surface area (Å²) in [6.07, 6.45) is 2.50. The van der Waals surface area contributed by atoms with E-state index in [1.54, 1.807) is 0 Å². The molecule has 16 heavy (non-hydrogen) atoms. The Morgan fingerprint density at radius 2 is 2.19 bits per heavy atom. The number of likely N-dealkylation sites (N-methyl/N-ethyl adjacent to an activating group) is 2. The van der Waals surface area contributed by atoms with E-state index in [9.17, 15) is 0 Å². The van der Waals surface area contributed by atoms with Crippen molar-refractivity contribution in [3.63, 3.8) is 0 Å². The van der Waals surface area contributed by atoms with E-state index in [1.165, 1.54) is 30.5 Å². The molecule has 1 aromatic rings. The standard InChI is InChI=1S/C14H22N2/c1-12-6-4-7-13(10-12)14(15-2)8-5-9-16(3)11-14/h4,6-7,10,15H,5,8-9,11H2,1-3H3. The lowest BCUT2D eigenvalue weighted by atomic mass is 9.82. The Kier molecular flexibility index (Phi) is 3.31. The van der Waals surface area contributed by atoms with Crippen LogP contribution in [-0.4, -0.2) is 32.1 Å². The minimum Gasteiger partial charge on any atom is -0.309 e. The molecule has 2 nitrogen and oxygen atoms in total. The monoisotopic (exact) mass is 218 g/mol. The summed E-state index contributed by atoms with van der Waals surface area (Å²) < 4.78 is 0. The number of rotatable bonds is 2. The molecule has 1 fully saturated rings. The van der Waals surface area contributed by atoms with Crippen LogP contribution in [0.5, 0.6) is 0 Å². The van der Waals surface area contributed by atoms with Crippen molar-refractivity contribution >= 4 is 0 Å². The summed E-state index contributed by atoms with van der Waals surface area (Å²) in [5, 5.41) is 3.55. The average molecular weight is 218 g/mol. The molecule has 0 bridgehead atoms. The second-order valence-electron chi connectivity index (χ2n) is 5.04. The van der Waals surface area contributed by atoms with E-state index in [0.29, 0.717) is 0 Å². The van der Waals surface area contributed by atoms with Crippen molar-refractivity contribution in [1.29, 1.82) is 0 Å². The first kappa shape index (κ1) is 11.6. The second-order valence-corrected chi connectivity index (χ2v) is 5.04. The minimum absolute atomic E-state index is 0.152. The van der Waals surface area contributed by atoms with Gasteiger partial charge in [0.15, 0.2) is 0 Å². The third-order valence-corrected chi connectivity index (χ3v) is 3.73. The van der Waals surface area contributed by atoms with E-state index in [4.69, 9.17) is 0 Å². The van der Waals surface area contributed by atoms with Gasteiger partial charge in [0.1, 0.15) is 0 Å². The maximum Gasteiger partial charge on any atom is 0.0561 e. The van der Waals surface area contributed by atoms with Crippen molar-refractivity contribution in [2.75, 3.05) is 27.2 Å². The van der Waals surface area contributed by atoms with Gasteiger partial charge in [-0.1, -0.05) is 29.8 Å². The normalized spacial score (nSPS) is 26.9. The van der Waals surface area contributed by atoms with Gasteiger partial charge in [0.2, 0.25) is 0 Å². The van der Waals surface area contributed by atoms with Crippen LogP contribution in [-0.2, 0) is 5.54 Å². The van der Waals surface area contributed by atoms with Gasteiger partial charge < -0.3 is 10.2 Å². The molecule has 2 rings (SSSR count). The van der Waals surface area contributed by atoms with Gasteiger partial charge in [0.05, 0.1) is 5.54 Å². The summed E-state index contributed by atoms with van der Waals surface area (Å²) in [7, 11) is 4.29. The van der Waals surface area contributed by atoms with Gasteiger partial charge in [-0.25, -0.2) is 0 Å². The van der Waals surface area contributed by atoms with Crippen molar-refractivity contribution in [2.24, 2.45) is 0 Å². The van der Waals surface area contributed by atoms with Gasteiger partial charge in [0.25, 0.3) is 0 Å². The topological polar surface area (TPSA) is 15.3 Å². The highest BCUT2D eigenvalue weighted by Gasteiger charge is 2.34. The highest BCUT2D eigenvalue weighted by molar-refractivity contribution is 5.30. The molecule has 0 aliphatic carbocycles. The Hall–Kier alpha value is -0.860. The Balaban J connectivity index is 2.33. The molecule has 0 spiro atoms. The highest BCUT2D eigenvalue weighted by atomic mass is 15.2. The number of nitrogens with one attached hydrogen (secondary N) is 1. The van der Waals surface area contributed by atoms with Crippen LogP contribution in [0.25, 0.3) is 0 Å². The maximum absolute atomic E-state index is 3.55. The predicted octanol–water partition coefficient (Wildman–Crippen LogP) is 2.14. The summed E-state index contributed by atoms with van der Waals surface area (Å²) in [6.45, 7) is 4.49. The Bertz CT molecular complexity index is 362. The smallest absolute Gasteiger partial charge is 0.0561 e. The average Bonchev–Trinajstić information content (AvgIpc) is 2.29. The number of likely N-dealkylation sites (tertiary alicyclic amines) is 1. The quantitative estimate of drug-likeness (QED) is 0.818. The zero-order chi connectivity index (χ0) is 11.6. The number of hydrogen-bond acceptors (Lipinski definition) is 2. The number of aryl methyl sites for hydroxylation is 1. The summed E-state index contributed by atoms with van der Waals surface area (Å²) in [6, 6.07) is 8.90. The Morgan fingerprint density at radius 1 is 1.38 bits per heavy atom. The van der Waals surface area contributed by atoms with Crippen LogP contribution < -0.4 is 5.32 Å². The molecule has 1 heterocycles. The van der Waals surface area contributed by atoms with Gasteiger partial charge in [-0.2, -0.15) is 0 Å². The molecule has 1 aliphatic rings. The first-order valence-electron chi connectivity index (χ1n) is 6.11. The van der Waals surface area contributed by atoms with Crippen LogP contribution in [0.3, 0.4) is 0 Å². The fourth-order valence-corrected chi connectivity index (χ4v) is 2.80. The molecule has 0 aromatic heterocycles. The van der Waals surface area contributed by atoms with Crippen molar-refractivity contribution in [1.82, 2.24) is 10.2 Å². The maximum atomic E-state index is 3.55. The van der Waals surface area contributed by atoms with Crippen LogP contribution >= 0.6 is 0 Å². The van der Waals surface area contributed by atoms with Crippen molar-refractivity contribution in [3.8, 4) is 0 Å². The fraction of sp³-hybridized carbons (Fsp3) is 0.571.